The number of rotatable bonds is 7. The molecule has 0 radical (unpaired) electrons. The molecular weight excluding hydrogens is 446 g/mol. The van der Waals surface area contributed by atoms with Crippen LogP contribution in [-0.4, -0.2) is 50.5 Å². The monoisotopic (exact) mass is 467 g/mol. The van der Waals surface area contributed by atoms with E-state index in [1.54, 1.807) is 42.7 Å². The molecule has 0 unspecified atom stereocenters. The minimum Gasteiger partial charge on any atom is -0.482 e. The number of fused-ring (bicyclic) bond motifs is 2. The van der Waals surface area contributed by atoms with Crippen LogP contribution in [0.2, 0.25) is 0 Å². The molecule has 1 aromatic heterocycles. The predicted molar refractivity (Wildman–Crippen MR) is 122 cm³/mol. The van der Waals surface area contributed by atoms with Crippen molar-refractivity contribution in [2.75, 3.05) is 43.9 Å². The molecular formula is C23H21N3O6S. The molecule has 2 amide bonds. The fourth-order valence-electron chi connectivity index (χ4n) is 3.60. The van der Waals surface area contributed by atoms with E-state index in [9.17, 15) is 9.59 Å². The Kier molecular flexibility index (Phi) is 5.84. The Labute approximate surface area is 193 Å². The lowest BCUT2D eigenvalue weighted by molar-refractivity contribution is -0.123. The van der Waals surface area contributed by atoms with Crippen molar-refractivity contribution in [1.82, 2.24) is 4.98 Å². The summed E-state index contributed by atoms with van der Waals surface area (Å²) in [5.74, 6) is 1.11. The van der Waals surface area contributed by atoms with E-state index in [0.717, 1.165) is 22.7 Å². The third kappa shape index (κ3) is 4.48. The number of amides is 2. The van der Waals surface area contributed by atoms with Gasteiger partial charge in [-0.1, -0.05) is 0 Å². The Hall–Kier alpha value is -3.63. The fraction of sp³-hybridized carbons (Fsp3) is 0.261. The predicted octanol–water partition coefficient (Wildman–Crippen LogP) is 3.09. The average molecular weight is 468 g/mol. The third-order valence-corrected chi connectivity index (χ3v) is 6.14. The highest BCUT2D eigenvalue weighted by molar-refractivity contribution is 7.09. The molecule has 9 nitrogen and oxygen atoms in total. The summed E-state index contributed by atoms with van der Waals surface area (Å²) in [4.78, 5) is 31.5. The second-order valence-electron chi connectivity index (χ2n) is 7.44. The van der Waals surface area contributed by atoms with Crippen molar-refractivity contribution < 1.29 is 28.5 Å². The van der Waals surface area contributed by atoms with Gasteiger partial charge in [-0.15, -0.1) is 11.3 Å². The van der Waals surface area contributed by atoms with Crippen molar-refractivity contribution in [2.24, 2.45) is 0 Å². The first-order chi connectivity index (χ1) is 16.1. The first-order valence-electron chi connectivity index (χ1n) is 10.3. The van der Waals surface area contributed by atoms with Crippen LogP contribution in [0.3, 0.4) is 0 Å². The number of aromatic nitrogens is 1. The molecule has 3 heterocycles. The van der Waals surface area contributed by atoms with Crippen molar-refractivity contribution in [3.63, 3.8) is 0 Å². The number of thiazole rings is 1. The summed E-state index contributed by atoms with van der Waals surface area (Å²) < 4.78 is 21.3. The number of nitrogens with one attached hydrogen (secondary N) is 1. The summed E-state index contributed by atoms with van der Waals surface area (Å²) in [5.41, 5.74) is 2.74. The Bertz CT molecular complexity index is 1210. The van der Waals surface area contributed by atoms with Gasteiger partial charge >= 0.3 is 0 Å². The third-order valence-electron chi connectivity index (χ3n) is 5.23. The molecule has 0 bridgehead atoms. The number of nitrogens with zero attached hydrogens (tertiary/aromatic N) is 2. The van der Waals surface area contributed by atoms with E-state index in [4.69, 9.17) is 18.9 Å². The van der Waals surface area contributed by atoms with E-state index in [1.807, 2.05) is 17.5 Å². The lowest BCUT2D eigenvalue weighted by Crippen LogP contribution is -2.43. The summed E-state index contributed by atoms with van der Waals surface area (Å²) >= 11 is 1.56. The summed E-state index contributed by atoms with van der Waals surface area (Å²) in [5, 5.41) is 5.74. The molecule has 0 saturated carbocycles. The highest BCUT2D eigenvalue weighted by Gasteiger charge is 2.28. The Morgan fingerprint density at radius 3 is 2.88 bits per heavy atom. The summed E-state index contributed by atoms with van der Waals surface area (Å²) in [7, 11) is 1.66. The number of hydrogen-bond donors (Lipinski definition) is 1. The Balaban J connectivity index is 1.34. The molecule has 2 aliphatic rings. The summed E-state index contributed by atoms with van der Waals surface area (Å²) in [6, 6.07) is 10.7. The molecule has 2 aromatic carbocycles. The van der Waals surface area contributed by atoms with Crippen molar-refractivity contribution >= 4 is 34.5 Å². The molecule has 0 atom stereocenters. The molecule has 3 aromatic rings. The highest BCUT2D eigenvalue weighted by atomic mass is 32.1. The maximum Gasteiger partial charge on any atom is 0.265 e. The van der Waals surface area contributed by atoms with Gasteiger partial charge in [0.25, 0.3) is 5.91 Å². The van der Waals surface area contributed by atoms with Crippen LogP contribution < -0.4 is 24.4 Å². The van der Waals surface area contributed by atoms with E-state index in [-0.39, 0.29) is 31.8 Å². The van der Waals surface area contributed by atoms with E-state index in [2.05, 4.69) is 10.3 Å². The number of ether oxygens (including phenoxy) is 4. The van der Waals surface area contributed by atoms with Gasteiger partial charge in [-0.05, 0) is 30.3 Å². The van der Waals surface area contributed by atoms with Crippen LogP contribution >= 0.6 is 11.3 Å². The van der Waals surface area contributed by atoms with E-state index in [0.29, 0.717) is 35.2 Å². The van der Waals surface area contributed by atoms with Gasteiger partial charge in [0.1, 0.15) is 12.3 Å². The van der Waals surface area contributed by atoms with Crippen LogP contribution in [0.5, 0.6) is 17.2 Å². The van der Waals surface area contributed by atoms with Gasteiger partial charge < -0.3 is 24.3 Å². The van der Waals surface area contributed by atoms with Gasteiger partial charge in [0.2, 0.25) is 12.7 Å². The maximum absolute atomic E-state index is 12.8. The van der Waals surface area contributed by atoms with Gasteiger partial charge in [0.15, 0.2) is 18.1 Å². The lowest BCUT2D eigenvalue weighted by Gasteiger charge is -2.29. The van der Waals surface area contributed by atoms with Gasteiger partial charge in [-0.3, -0.25) is 14.5 Å². The van der Waals surface area contributed by atoms with Crippen LogP contribution in [0.15, 0.2) is 41.8 Å². The number of methoxy groups -OCH3 is 1. The van der Waals surface area contributed by atoms with Gasteiger partial charge in [-0.2, -0.15) is 0 Å². The largest absolute Gasteiger partial charge is 0.482 e. The molecule has 170 valence electrons. The van der Waals surface area contributed by atoms with Crippen molar-refractivity contribution in [3.05, 3.63) is 46.8 Å². The quantitative estimate of drug-likeness (QED) is 0.570. The summed E-state index contributed by atoms with van der Waals surface area (Å²) in [6.07, 6.45) is 0.736. The second-order valence-corrected chi connectivity index (χ2v) is 8.38. The Morgan fingerprint density at radius 1 is 1.15 bits per heavy atom. The first kappa shape index (κ1) is 21.2. The van der Waals surface area contributed by atoms with E-state index >= 15 is 0 Å². The second kappa shape index (κ2) is 9.08. The van der Waals surface area contributed by atoms with E-state index < -0.39 is 0 Å². The topological polar surface area (TPSA) is 99.2 Å². The SMILES string of the molecule is COCCc1nc(-c2ccc3c(c2)N(CC(=O)Nc2ccc4c(c2)OCO4)C(=O)CO3)cs1. The van der Waals surface area contributed by atoms with Gasteiger partial charge in [0.05, 0.1) is 23.0 Å². The average Bonchev–Trinajstić information content (AvgIpc) is 3.48. The maximum atomic E-state index is 12.8. The van der Waals surface area contributed by atoms with E-state index in [1.165, 1.54) is 4.90 Å². The van der Waals surface area contributed by atoms with Gasteiger partial charge in [0, 0.05) is 36.2 Å². The minimum absolute atomic E-state index is 0.123. The molecule has 33 heavy (non-hydrogen) atoms. The fourth-order valence-corrected chi connectivity index (χ4v) is 4.39. The van der Waals surface area contributed by atoms with Crippen molar-refractivity contribution in [1.29, 1.82) is 0 Å². The number of hydrogen-bond acceptors (Lipinski definition) is 8. The van der Waals surface area contributed by atoms with Crippen LogP contribution in [-0.2, 0) is 20.7 Å². The normalized spacial score (nSPS) is 14.1. The first-order valence-corrected chi connectivity index (χ1v) is 11.2. The number of benzene rings is 2. The molecule has 2 aliphatic heterocycles. The van der Waals surface area contributed by atoms with Gasteiger partial charge in [-0.25, -0.2) is 4.98 Å². The van der Waals surface area contributed by atoms with Crippen LogP contribution in [0, 0.1) is 0 Å². The van der Waals surface area contributed by atoms with Crippen LogP contribution in [0.4, 0.5) is 11.4 Å². The molecule has 0 fully saturated rings. The lowest BCUT2D eigenvalue weighted by atomic mass is 10.1. The number of anilines is 2. The zero-order valence-electron chi connectivity index (χ0n) is 17.8. The molecule has 1 N–H and O–H groups in total. The molecule has 0 spiro atoms. The van der Waals surface area contributed by atoms with Crippen LogP contribution in [0.25, 0.3) is 11.3 Å². The number of carbonyl (C=O) groups excluding carboxylic acids is 2. The molecule has 5 rings (SSSR count). The van der Waals surface area contributed by atoms with Crippen molar-refractivity contribution in [2.45, 2.75) is 6.42 Å². The zero-order valence-corrected chi connectivity index (χ0v) is 18.6. The van der Waals surface area contributed by atoms with Crippen LogP contribution in [0.1, 0.15) is 5.01 Å². The molecule has 0 aliphatic carbocycles. The number of carbonyl (C=O) groups is 2. The standard InChI is InChI=1S/C23H21N3O6S/c1-29-7-6-22-25-16(12-33-22)14-2-4-18-17(8-14)26(23(28)11-30-18)10-21(27)24-15-3-5-19-20(9-15)32-13-31-19/h2-5,8-9,12H,6-7,10-11,13H2,1H3,(H,24,27). The molecule has 0 saturated heterocycles. The summed E-state index contributed by atoms with van der Waals surface area (Å²) in [6.45, 7) is 0.484. The minimum atomic E-state index is -0.337. The molecule has 10 heteroatoms. The smallest absolute Gasteiger partial charge is 0.265 e. The highest BCUT2D eigenvalue weighted by Crippen LogP contribution is 2.37. The van der Waals surface area contributed by atoms with Crippen molar-refractivity contribution in [3.8, 4) is 28.5 Å². The Morgan fingerprint density at radius 2 is 2.00 bits per heavy atom. The zero-order chi connectivity index (χ0) is 22.8.